The van der Waals surface area contributed by atoms with Gasteiger partial charge in [-0.1, -0.05) is 13.8 Å². The van der Waals surface area contributed by atoms with Crippen LogP contribution in [0.4, 0.5) is 4.79 Å². The Morgan fingerprint density at radius 3 is 2.77 bits per heavy atom. The Kier molecular flexibility index (Phi) is 7.34. The van der Waals surface area contributed by atoms with Crippen molar-refractivity contribution in [2.45, 2.75) is 46.2 Å². The molecule has 0 aromatic carbocycles. The second-order valence-electron chi connectivity index (χ2n) is 6.02. The van der Waals surface area contributed by atoms with E-state index in [1.54, 1.807) is 12.1 Å². The van der Waals surface area contributed by atoms with Crippen LogP contribution in [0, 0.1) is 0 Å². The summed E-state index contributed by atoms with van der Waals surface area (Å²) in [6, 6.07) is 2.98. The van der Waals surface area contributed by atoms with Gasteiger partial charge in [-0.3, -0.25) is 15.0 Å². The van der Waals surface area contributed by atoms with E-state index in [0.29, 0.717) is 30.6 Å². The average Bonchev–Trinajstić information content (AvgIpc) is 3.25. The van der Waals surface area contributed by atoms with Gasteiger partial charge >= 0.3 is 6.03 Å². The fraction of sp³-hybridized carbons (Fsp3) is 0.529. The van der Waals surface area contributed by atoms with Gasteiger partial charge in [0.15, 0.2) is 5.76 Å². The van der Waals surface area contributed by atoms with E-state index in [-0.39, 0.29) is 18.5 Å². The second kappa shape index (κ2) is 9.71. The van der Waals surface area contributed by atoms with E-state index < -0.39 is 6.03 Å². The van der Waals surface area contributed by atoms with Gasteiger partial charge in [-0.2, -0.15) is 0 Å². The molecule has 0 saturated heterocycles. The Hall–Kier alpha value is -2.68. The number of urea groups is 1. The molecule has 0 fully saturated rings. The van der Waals surface area contributed by atoms with Gasteiger partial charge in [-0.25, -0.2) is 4.79 Å². The second-order valence-corrected chi connectivity index (χ2v) is 6.02. The molecule has 2 heterocycles. The minimum Gasteiger partial charge on any atom is -0.459 e. The number of amides is 3. The molecule has 0 aliphatic carbocycles. The molecule has 0 radical (unpaired) electrons. The zero-order valence-electron chi connectivity index (χ0n) is 15.3. The first-order valence-electron chi connectivity index (χ1n) is 8.70. The lowest BCUT2D eigenvalue weighted by Crippen LogP contribution is -2.46. The van der Waals surface area contributed by atoms with Crippen molar-refractivity contribution in [3.63, 3.8) is 0 Å². The summed E-state index contributed by atoms with van der Waals surface area (Å²) in [6.45, 7) is 6.85. The molecule has 142 valence electrons. The molecule has 0 unspecified atom stereocenters. The number of aromatic nitrogens is 2. The van der Waals surface area contributed by atoms with Crippen molar-refractivity contribution >= 4 is 11.9 Å². The third-order valence-corrected chi connectivity index (χ3v) is 3.71. The number of carbonyl (C=O) groups excluding carboxylic acids is 2. The number of nitrogens with zero attached hydrogens (tertiary/aromatic N) is 3. The maximum atomic E-state index is 12.1. The van der Waals surface area contributed by atoms with Gasteiger partial charge in [-0.05, 0) is 38.4 Å². The smallest absolute Gasteiger partial charge is 0.321 e. The third kappa shape index (κ3) is 5.99. The Labute approximate surface area is 152 Å². The minimum atomic E-state index is -0.487. The molecule has 2 N–H and O–H groups in total. The molecule has 26 heavy (non-hydrogen) atoms. The molecule has 2 aromatic heterocycles. The fourth-order valence-electron chi connectivity index (χ4n) is 2.27. The van der Waals surface area contributed by atoms with E-state index in [0.717, 1.165) is 12.8 Å². The van der Waals surface area contributed by atoms with Gasteiger partial charge < -0.3 is 14.2 Å². The van der Waals surface area contributed by atoms with Crippen LogP contribution in [0.1, 0.15) is 39.5 Å². The van der Waals surface area contributed by atoms with Gasteiger partial charge in [0.1, 0.15) is 0 Å². The van der Waals surface area contributed by atoms with E-state index in [9.17, 15) is 9.59 Å². The molecule has 2 aromatic rings. The lowest BCUT2D eigenvalue weighted by atomic mass is 10.3. The van der Waals surface area contributed by atoms with Gasteiger partial charge in [0.25, 0.3) is 5.89 Å². The first-order valence-corrected chi connectivity index (χ1v) is 8.70. The van der Waals surface area contributed by atoms with Crippen molar-refractivity contribution in [1.82, 2.24) is 25.7 Å². The number of rotatable bonds is 9. The van der Waals surface area contributed by atoms with Crippen LogP contribution >= 0.6 is 0 Å². The zero-order valence-corrected chi connectivity index (χ0v) is 15.3. The number of furan rings is 1. The van der Waals surface area contributed by atoms with E-state index in [2.05, 4.69) is 20.8 Å². The molecule has 3 amide bonds. The highest BCUT2D eigenvalue weighted by Gasteiger charge is 2.17. The van der Waals surface area contributed by atoms with Crippen LogP contribution < -0.4 is 10.6 Å². The van der Waals surface area contributed by atoms with Crippen molar-refractivity contribution in [3.05, 3.63) is 24.3 Å². The number of hydrogen-bond donors (Lipinski definition) is 2. The number of carbonyl (C=O) groups is 2. The summed E-state index contributed by atoms with van der Waals surface area (Å²) in [5, 5.41) is 13.0. The van der Waals surface area contributed by atoms with Crippen molar-refractivity contribution in [2.24, 2.45) is 0 Å². The Bertz CT molecular complexity index is 698. The molecule has 9 nitrogen and oxygen atoms in total. The summed E-state index contributed by atoms with van der Waals surface area (Å²) in [6.07, 6.45) is 3.15. The maximum absolute atomic E-state index is 12.1. The van der Waals surface area contributed by atoms with Crippen LogP contribution in [-0.2, 0) is 11.3 Å². The van der Waals surface area contributed by atoms with Crippen molar-refractivity contribution < 1.29 is 18.4 Å². The first-order chi connectivity index (χ1) is 12.5. The fourth-order valence-corrected chi connectivity index (χ4v) is 2.27. The molecule has 0 saturated carbocycles. The standard InChI is InChI=1S/C17H25N5O4/c1-4-8-22(10-14(23)19-17(24)18-12(3)5-2)11-15-20-21-16(26-15)13-7-6-9-25-13/h6-7,9,12H,4-5,8,10-11H2,1-3H3,(H2,18,19,23,24)/t12-/m0/s1. The van der Waals surface area contributed by atoms with Crippen molar-refractivity contribution in [1.29, 1.82) is 0 Å². The monoisotopic (exact) mass is 363 g/mol. The van der Waals surface area contributed by atoms with Crippen LogP contribution in [0.25, 0.3) is 11.7 Å². The highest BCUT2D eigenvalue weighted by atomic mass is 16.4. The molecular weight excluding hydrogens is 338 g/mol. The number of nitrogens with one attached hydrogen (secondary N) is 2. The van der Waals surface area contributed by atoms with Crippen LogP contribution in [0.15, 0.2) is 27.2 Å². The van der Waals surface area contributed by atoms with Crippen LogP contribution in [0.3, 0.4) is 0 Å². The molecule has 9 heteroatoms. The van der Waals surface area contributed by atoms with E-state index >= 15 is 0 Å². The molecule has 2 rings (SSSR count). The lowest BCUT2D eigenvalue weighted by molar-refractivity contribution is -0.121. The molecule has 0 aliphatic heterocycles. The van der Waals surface area contributed by atoms with Gasteiger partial charge in [0, 0.05) is 6.04 Å². The Morgan fingerprint density at radius 2 is 2.12 bits per heavy atom. The maximum Gasteiger partial charge on any atom is 0.321 e. The molecule has 0 aliphatic rings. The van der Waals surface area contributed by atoms with Gasteiger partial charge in [0.2, 0.25) is 11.8 Å². The van der Waals surface area contributed by atoms with E-state index in [4.69, 9.17) is 8.83 Å². The topological polar surface area (TPSA) is 114 Å². The molecule has 0 bridgehead atoms. The number of hydrogen-bond acceptors (Lipinski definition) is 7. The van der Waals surface area contributed by atoms with Gasteiger partial charge in [0.05, 0.1) is 19.4 Å². The predicted octanol–water partition coefficient (Wildman–Crippen LogP) is 2.17. The summed E-state index contributed by atoms with van der Waals surface area (Å²) in [4.78, 5) is 25.7. The molecule has 0 spiro atoms. The highest BCUT2D eigenvalue weighted by Crippen LogP contribution is 2.18. The van der Waals surface area contributed by atoms with Crippen molar-refractivity contribution in [2.75, 3.05) is 13.1 Å². The van der Waals surface area contributed by atoms with Crippen molar-refractivity contribution in [3.8, 4) is 11.7 Å². The quantitative estimate of drug-likeness (QED) is 0.702. The lowest BCUT2D eigenvalue weighted by Gasteiger charge is -2.19. The van der Waals surface area contributed by atoms with Crippen LogP contribution in [0.5, 0.6) is 0 Å². The summed E-state index contributed by atoms with van der Waals surface area (Å²) in [7, 11) is 0. The predicted molar refractivity (Wildman–Crippen MR) is 94.0 cm³/mol. The molecular formula is C17H25N5O4. The largest absolute Gasteiger partial charge is 0.459 e. The summed E-state index contributed by atoms with van der Waals surface area (Å²) in [5.74, 6) is 0.774. The summed E-state index contributed by atoms with van der Waals surface area (Å²) in [5.41, 5.74) is 0. The van der Waals surface area contributed by atoms with Gasteiger partial charge in [-0.15, -0.1) is 10.2 Å². The zero-order chi connectivity index (χ0) is 18.9. The number of imide groups is 1. The normalized spacial score (nSPS) is 12.2. The minimum absolute atomic E-state index is 0.00737. The van der Waals surface area contributed by atoms with E-state index in [1.165, 1.54) is 6.26 Å². The molecule has 1 atom stereocenters. The first kappa shape index (κ1) is 19.6. The summed E-state index contributed by atoms with van der Waals surface area (Å²) >= 11 is 0. The average molecular weight is 363 g/mol. The summed E-state index contributed by atoms with van der Waals surface area (Å²) < 4.78 is 10.8. The SMILES string of the molecule is CCCN(CC(=O)NC(=O)N[C@@H](C)CC)Cc1nnc(-c2ccco2)o1. The third-order valence-electron chi connectivity index (χ3n) is 3.71. The Morgan fingerprint density at radius 1 is 1.31 bits per heavy atom. The Balaban J connectivity index is 1.90. The van der Waals surface area contributed by atoms with E-state index in [1.807, 2.05) is 25.7 Å². The van der Waals surface area contributed by atoms with Crippen LogP contribution in [-0.4, -0.2) is 46.2 Å². The van der Waals surface area contributed by atoms with Crippen LogP contribution in [0.2, 0.25) is 0 Å². The highest BCUT2D eigenvalue weighted by molar-refractivity contribution is 5.95.